The molecular weight excluding hydrogens is 252 g/mol. The molecule has 0 spiro atoms. The smallest absolute Gasteiger partial charge is 0.139 e. The Labute approximate surface area is 120 Å². The van der Waals surface area contributed by atoms with Crippen molar-refractivity contribution in [3.8, 4) is 0 Å². The Kier molecular flexibility index (Phi) is 6.29. The second-order valence-electron chi connectivity index (χ2n) is 4.60. The number of nitrogens with zero attached hydrogens (tertiary/aromatic N) is 4. The lowest BCUT2D eigenvalue weighted by atomic mass is 10.1. The topological polar surface area (TPSA) is 40.4 Å². The van der Waals surface area contributed by atoms with Gasteiger partial charge in [0, 0.05) is 28.2 Å². The first-order chi connectivity index (χ1) is 9.51. The van der Waals surface area contributed by atoms with Crippen LogP contribution in [-0.2, 0) is 4.74 Å². The van der Waals surface area contributed by atoms with Crippen molar-refractivity contribution in [2.24, 2.45) is 10.2 Å². The van der Waals surface area contributed by atoms with Crippen LogP contribution in [0.5, 0.6) is 0 Å². The second-order valence-corrected chi connectivity index (χ2v) is 4.60. The van der Waals surface area contributed by atoms with E-state index >= 15 is 0 Å². The third-order valence-electron chi connectivity index (χ3n) is 2.33. The number of methoxy groups -OCH3 is 1. The molecular formula is C15H22N4O. The molecule has 0 unspecified atom stereocenters. The summed E-state index contributed by atoms with van der Waals surface area (Å²) in [5.41, 5.74) is 2.10. The minimum Gasteiger partial charge on any atom is -0.495 e. The third-order valence-corrected chi connectivity index (χ3v) is 2.33. The van der Waals surface area contributed by atoms with Crippen LogP contribution in [0.25, 0.3) is 6.08 Å². The maximum atomic E-state index is 5.27. The lowest BCUT2D eigenvalue weighted by Crippen LogP contribution is -2.03. The van der Waals surface area contributed by atoms with Gasteiger partial charge < -0.3 is 14.8 Å². The highest BCUT2D eigenvalue weighted by molar-refractivity contribution is 5.84. The molecule has 0 aliphatic heterocycles. The van der Waals surface area contributed by atoms with E-state index < -0.39 is 0 Å². The van der Waals surface area contributed by atoms with E-state index in [1.165, 1.54) is 0 Å². The van der Waals surface area contributed by atoms with Gasteiger partial charge in [-0.25, -0.2) is 0 Å². The molecule has 0 saturated heterocycles. The van der Waals surface area contributed by atoms with Crippen molar-refractivity contribution in [3.63, 3.8) is 0 Å². The number of rotatable bonds is 6. The predicted octanol–water partition coefficient (Wildman–Crippen LogP) is 2.12. The molecule has 1 rings (SSSR count). The maximum absolute atomic E-state index is 5.27. The molecule has 0 saturated carbocycles. The molecule has 0 amide bonds. The zero-order chi connectivity index (χ0) is 15.0. The number of allylic oxidation sites excluding steroid dienone is 1. The SMILES string of the molecule is COC(=C\c1ccc(/C=N/N(C)C)cc1)/C=N/N(C)C. The van der Waals surface area contributed by atoms with E-state index in [1.807, 2.05) is 64.7 Å². The van der Waals surface area contributed by atoms with E-state index in [-0.39, 0.29) is 0 Å². The van der Waals surface area contributed by atoms with E-state index in [0.29, 0.717) is 5.76 Å². The van der Waals surface area contributed by atoms with Gasteiger partial charge >= 0.3 is 0 Å². The van der Waals surface area contributed by atoms with E-state index in [2.05, 4.69) is 10.2 Å². The Morgan fingerprint density at radius 2 is 1.50 bits per heavy atom. The van der Waals surface area contributed by atoms with Gasteiger partial charge in [-0.05, 0) is 17.2 Å². The average molecular weight is 274 g/mol. The van der Waals surface area contributed by atoms with E-state index in [1.54, 1.807) is 23.3 Å². The first-order valence-corrected chi connectivity index (χ1v) is 6.29. The highest BCUT2D eigenvalue weighted by Gasteiger charge is 1.95. The molecule has 0 atom stereocenters. The van der Waals surface area contributed by atoms with Crippen molar-refractivity contribution in [1.29, 1.82) is 0 Å². The number of ether oxygens (including phenoxy) is 1. The molecule has 0 fully saturated rings. The Hall–Kier alpha value is -2.30. The number of hydrazone groups is 2. The minimum absolute atomic E-state index is 0.702. The summed E-state index contributed by atoms with van der Waals surface area (Å²) in [5, 5.41) is 11.8. The molecule has 0 radical (unpaired) electrons. The van der Waals surface area contributed by atoms with Crippen LogP contribution in [0.2, 0.25) is 0 Å². The Morgan fingerprint density at radius 3 is 2.00 bits per heavy atom. The van der Waals surface area contributed by atoms with Gasteiger partial charge in [-0.3, -0.25) is 0 Å². The van der Waals surface area contributed by atoms with Gasteiger partial charge in [0.2, 0.25) is 0 Å². The molecule has 0 aromatic heterocycles. The van der Waals surface area contributed by atoms with Crippen molar-refractivity contribution in [2.75, 3.05) is 35.3 Å². The molecule has 0 aliphatic rings. The normalized spacial score (nSPS) is 12.2. The molecule has 1 aromatic carbocycles. The highest BCUT2D eigenvalue weighted by Crippen LogP contribution is 2.08. The summed E-state index contributed by atoms with van der Waals surface area (Å²) in [6.07, 6.45) is 5.43. The number of hydrogen-bond acceptors (Lipinski definition) is 5. The molecule has 5 nitrogen and oxygen atoms in total. The van der Waals surface area contributed by atoms with Crippen molar-refractivity contribution < 1.29 is 4.74 Å². The van der Waals surface area contributed by atoms with Gasteiger partial charge in [-0.2, -0.15) is 10.2 Å². The molecule has 20 heavy (non-hydrogen) atoms. The first-order valence-electron chi connectivity index (χ1n) is 6.29. The van der Waals surface area contributed by atoms with Gasteiger partial charge in [-0.1, -0.05) is 24.3 Å². The van der Waals surface area contributed by atoms with Crippen LogP contribution in [0.3, 0.4) is 0 Å². The summed E-state index contributed by atoms with van der Waals surface area (Å²) < 4.78 is 5.27. The Morgan fingerprint density at radius 1 is 0.950 bits per heavy atom. The van der Waals surface area contributed by atoms with E-state index in [9.17, 15) is 0 Å². The Bertz CT molecular complexity index is 487. The highest BCUT2D eigenvalue weighted by atomic mass is 16.5. The van der Waals surface area contributed by atoms with Gasteiger partial charge in [0.15, 0.2) is 0 Å². The fraction of sp³-hybridized carbons (Fsp3) is 0.333. The average Bonchev–Trinajstić information content (AvgIpc) is 2.42. The minimum atomic E-state index is 0.702. The summed E-state index contributed by atoms with van der Waals surface area (Å²) in [4.78, 5) is 0. The van der Waals surface area contributed by atoms with Crippen molar-refractivity contribution in [3.05, 3.63) is 41.2 Å². The van der Waals surface area contributed by atoms with Crippen LogP contribution in [-0.4, -0.2) is 57.7 Å². The van der Waals surface area contributed by atoms with Crippen LogP contribution in [0.4, 0.5) is 0 Å². The van der Waals surface area contributed by atoms with Crippen LogP contribution in [0.15, 0.2) is 40.2 Å². The quantitative estimate of drug-likeness (QED) is 0.453. The van der Waals surface area contributed by atoms with Crippen molar-refractivity contribution in [1.82, 2.24) is 10.0 Å². The van der Waals surface area contributed by atoms with Crippen molar-refractivity contribution >= 4 is 18.5 Å². The Balaban J connectivity index is 2.81. The predicted molar refractivity (Wildman–Crippen MR) is 84.9 cm³/mol. The van der Waals surface area contributed by atoms with Crippen molar-refractivity contribution in [2.45, 2.75) is 0 Å². The molecule has 0 N–H and O–H groups in total. The third kappa shape index (κ3) is 6.04. The second kappa shape index (κ2) is 7.99. The fourth-order valence-electron chi connectivity index (χ4n) is 1.35. The molecule has 5 heteroatoms. The number of benzene rings is 1. The van der Waals surface area contributed by atoms with Gasteiger partial charge in [0.05, 0.1) is 19.5 Å². The monoisotopic (exact) mass is 274 g/mol. The molecule has 108 valence electrons. The van der Waals surface area contributed by atoms with Crippen LogP contribution in [0.1, 0.15) is 11.1 Å². The van der Waals surface area contributed by atoms with Gasteiger partial charge in [0.1, 0.15) is 5.76 Å². The van der Waals surface area contributed by atoms with E-state index in [4.69, 9.17) is 4.74 Å². The first kappa shape index (κ1) is 15.8. The summed E-state index contributed by atoms with van der Waals surface area (Å²) in [7, 11) is 9.14. The van der Waals surface area contributed by atoms with Crippen LogP contribution < -0.4 is 0 Å². The lowest BCUT2D eigenvalue weighted by Gasteiger charge is -2.05. The largest absolute Gasteiger partial charge is 0.495 e. The molecule has 0 bridgehead atoms. The molecule has 0 aliphatic carbocycles. The zero-order valence-electron chi connectivity index (χ0n) is 12.7. The molecule has 1 aromatic rings. The number of hydrogen-bond donors (Lipinski definition) is 0. The summed E-state index contributed by atoms with van der Waals surface area (Å²) in [5.74, 6) is 0.702. The lowest BCUT2D eigenvalue weighted by molar-refractivity contribution is 0.318. The molecule has 0 heterocycles. The summed E-state index contributed by atoms with van der Waals surface area (Å²) >= 11 is 0. The maximum Gasteiger partial charge on any atom is 0.139 e. The van der Waals surface area contributed by atoms with Crippen LogP contribution in [0, 0.1) is 0 Å². The van der Waals surface area contributed by atoms with E-state index in [0.717, 1.165) is 11.1 Å². The fourth-order valence-corrected chi connectivity index (χ4v) is 1.35. The van der Waals surface area contributed by atoms with Gasteiger partial charge in [-0.15, -0.1) is 0 Å². The van der Waals surface area contributed by atoms with Gasteiger partial charge in [0.25, 0.3) is 0 Å². The standard InChI is InChI=1S/C15H22N4O/c1-18(2)16-11-14-8-6-13(7-9-14)10-15(20-5)12-17-19(3)4/h6-12H,1-5H3/b15-10-,16-11+,17-12+. The zero-order valence-corrected chi connectivity index (χ0v) is 12.7. The summed E-state index contributed by atoms with van der Waals surface area (Å²) in [6.45, 7) is 0. The van der Waals surface area contributed by atoms with Crippen LogP contribution >= 0.6 is 0 Å². The summed E-state index contributed by atoms with van der Waals surface area (Å²) in [6, 6.07) is 8.05.